The average Bonchev–Trinajstić information content (AvgIpc) is 3.11. The maximum atomic E-state index is 12.3. The summed E-state index contributed by atoms with van der Waals surface area (Å²) in [4.78, 5) is 14.0. The second-order valence-corrected chi connectivity index (χ2v) is 13.1. The van der Waals surface area contributed by atoms with Crippen molar-refractivity contribution < 1.29 is 18.7 Å². The molecule has 0 unspecified atom stereocenters. The first-order chi connectivity index (χ1) is 10.8. The summed E-state index contributed by atoms with van der Waals surface area (Å²) in [5.41, 5.74) is 0. The van der Waals surface area contributed by atoms with E-state index in [1.54, 1.807) is 4.90 Å². The van der Waals surface area contributed by atoms with E-state index in [2.05, 4.69) is 33.9 Å². The summed E-state index contributed by atoms with van der Waals surface area (Å²) in [5.74, 6) is 0. The molecule has 0 aromatic rings. The number of rotatable bonds is 6. The Hall–Kier alpha value is -1.10. The maximum Gasteiger partial charge on any atom is 0.411 e. The van der Waals surface area contributed by atoms with Gasteiger partial charge in [0.2, 0.25) is 6.10 Å². The lowest BCUT2D eigenvalue weighted by molar-refractivity contribution is 0.0534. The molecule has 0 radical (unpaired) electrons. The number of nitrogens with zero attached hydrogens (tertiary/aromatic N) is 2. The molecule has 0 N–H and O–H groups in total. The third-order valence-electron chi connectivity index (χ3n) is 4.68. The van der Waals surface area contributed by atoms with E-state index in [9.17, 15) is 10.1 Å². The number of hydrogen-bond donors (Lipinski definition) is 0. The number of amides is 1. The number of epoxide rings is 1. The van der Waals surface area contributed by atoms with Crippen LogP contribution in [-0.2, 0) is 13.9 Å². The van der Waals surface area contributed by atoms with E-state index in [4.69, 9.17) is 13.9 Å². The summed E-state index contributed by atoms with van der Waals surface area (Å²) < 4.78 is 17.0. The predicted octanol–water partition coefficient (Wildman–Crippen LogP) is 3.88. The van der Waals surface area contributed by atoms with Gasteiger partial charge in [0.1, 0.15) is 6.07 Å². The van der Waals surface area contributed by atoms with Gasteiger partial charge in [-0.1, -0.05) is 20.8 Å². The molecule has 24 heavy (non-hydrogen) atoms. The molecule has 6 nitrogen and oxygen atoms in total. The summed E-state index contributed by atoms with van der Waals surface area (Å²) in [6.45, 7) is 18.3. The van der Waals surface area contributed by atoms with Crippen molar-refractivity contribution in [3.63, 3.8) is 0 Å². The first-order valence-electron chi connectivity index (χ1n) is 8.53. The van der Waals surface area contributed by atoms with E-state index in [0.717, 1.165) is 0 Å². The summed E-state index contributed by atoms with van der Waals surface area (Å²) in [7, 11) is -1.99. The lowest BCUT2D eigenvalue weighted by Crippen LogP contribution is -2.45. The van der Waals surface area contributed by atoms with E-state index in [0.29, 0.717) is 0 Å². The highest BCUT2D eigenvalue weighted by Gasteiger charge is 2.53. The summed E-state index contributed by atoms with van der Waals surface area (Å²) in [5, 5.41) is 9.40. The van der Waals surface area contributed by atoms with Crippen molar-refractivity contribution in [2.24, 2.45) is 0 Å². The molecule has 0 spiro atoms. The number of hydrogen-bond acceptors (Lipinski definition) is 5. The Kier molecular flexibility index (Phi) is 6.47. The van der Waals surface area contributed by atoms with Crippen LogP contribution in [-0.4, -0.2) is 49.9 Å². The van der Waals surface area contributed by atoms with Crippen LogP contribution < -0.4 is 0 Å². The first-order valence-corrected chi connectivity index (χ1v) is 11.4. The third-order valence-corrected chi connectivity index (χ3v) is 9.11. The van der Waals surface area contributed by atoms with Crippen molar-refractivity contribution in [2.45, 2.75) is 97.2 Å². The Bertz CT molecular complexity index is 486. The van der Waals surface area contributed by atoms with Gasteiger partial charge in [-0.2, -0.15) is 5.26 Å². The Morgan fingerprint density at radius 1 is 1.21 bits per heavy atom. The highest BCUT2D eigenvalue weighted by Crippen LogP contribution is 2.41. The first kappa shape index (κ1) is 20.9. The molecule has 0 aromatic carbocycles. The second kappa shape index (κ2) is 7.42. The molecule has 1 heterocycles. The van der Waals surface area contributed by atoms with Crippen LogP contribution in [0.3, 0.4) is 0 Å². The monoisotopic (exact) mass is 356 g/mol. The van der Waals surface area contributed by atoms with Gasteiger partial charge in [0.25, 0.3) is 0 Å². The minimum atomic E-state index is -1.99. The fourth-order valence-electron chi connectivity index (χ4n) is 2.24. The lowest BCUT2D eigenvalue weighted by Gasteiger charge is -2.35. The molecule has 1 aliphatic rings. The average molecular weight is 357 g/mol. The van der Waals surface area contributed by atoms with Crippen molar-refractivity contribution in [3.05, 3.63) is 0 Å². The summed E-state index contributed by atoms with van der Waals surface area (Å²) in [6.07, 6.45) is -2.41. The van der Waals surface area contributed by atoms with Gasteiger partial charge in [-0.15, -0.1) is 0 Å². The minimum Gasteiger partial charge on any atom is -0.428 e. The molecular formula is C17H32N2O4Si. The van der Waals surface area contributed by atoms with Gasteiger partial charge in [-0.3, -0.25) is 0 Å². The molecule has 3 atom stereocenters. The predicted molar refractivity (Wildman–Crippen MR) is 94.9 cm³/mol. The quantitative estimate of drug-likeness (QED) is 0.533. The van der Waals surface area contributed by atoms with Gasteiger partial charge in [0.15, 0.2) is 20.7 Å². The van der Waals surface area contributed by atoms with Gasteiger partial charge in [0.05, 0.1) is 0 Å². The molecule has 0 bridgehead atoms. The number of carbonyl (C=O) groups excluding carboxylic acids is 1. The summed E-state index contributed by atoms with van der Waals surface area (Å²) in [6, 6.07) is 2.02. The SMILES string of the molecule is CC(C)N(C(=O)O[C@H](C#N)[C@H]1O[C@@H]1O[Si](C)(C)C(C)(C)C)C(C)C. The topological polar surface area (TPSA) is 75.1 Å². The third kappa shape index (κ3) is 4.95. The Morgan fingerprint density at radius 2 is 1.71 bits per heavy atom. The molecule has 138 valence electrons. The van der Waals surface area contributed by atoms with E-state index < -0.39 is 32.9 Å². The van der Waals surface area contributed by atoms with Crippen LogP contribution >= 0.6 is 0 Å². The molecule has 1 saturated heterocycles. The zero-order chi connectivity index (χ0) is 18.9. The van der Waals surface area contributed by atoms with E-state index in [-0.39, 0.29) is 17.1 Å². The Labute approximate surface area is 147 Å². The van der Waals surface area contributed by atoms with Crippen LogP contribution in [0.1, 0.15) is 48.5 Å². The smallest absolute Gasteiger partial charge is 0.411 e. The van der Waals surface area contributed by atoms with Gasteiger partial charge in [-0.05, 0) is 45.8 Å². The largest absolute Gasteiger partial charge is 0.428 e. The summed E-state index contributed by atoms with van der Waals surface area (Å²) >= 11 is 0. The van der Waals surface area contributed by atoms with E-state index in [1.807, 2.05) is 33.8 Å². The fraction of sp³-hybridized carbons (Fsp3) is 0.882. The van der Waals surface area contributed by atoms with Crippen LogP contribution in [0, 0.1) is 11.3 Å². The molecular weight excluding hydrogens is 324 g/mol. The Balaban J connectivity index is 2.68. The van der Waals surface area contributed by atoms with Crippen molar-refractivity contribution in [2.75, 3.05) is 0 Å². The van der Waals surface area contributed by atoms with Crippen LogP contribution in [0.15, 0.2) is 0 Å². The standard InChI is InChI=1S/C17H32N2O4Si/c1-11(2)19(12(3)4)16(20)21-13(10-18)14-15(22-14)23-24(8,9)17(5,6)7/h11-15H,1-9H3/t13-,14-,15-/m1/s1. The molecule has 1 fully saturated rings. The van der Waals surface area contributed by atoms with E-state index in [1.165, 1.54) is 0 Å². The van der Waals surface area contributed by atoms with Crippen molar-refractivity contribution in [1.82, 2.24) is 4.90 Å². The van der Waals surface area contributed by atoms with Gasteiger partial charge < -0.3 is 18.8 Å². The zero-order valence-corrected chi connectivity index (χ0v) is 17.4. The molecule has 0 aromatic heterocycles. The van der Waals surface area contributed by atoms with Crippen LogP contribution in [0.5, 0.6) is 0 Å². The minimum absolute atomic E-state index is 0.00348. The molecule has 7 heteroatoms. The van der Waals surface area contributed by atoms with Gasteiger partial charge in [-0.25, -0.2) is 4.79 Å². The number of carbonyl (C=O) groups is 1. The van der Waals surface area contributed by atoms with E-state index >= 15 is 0 Å². The lowest BCUT2D eigenvalue weighted by atomic mass is 10.2. The molecule has 0 saturated carbocycles. The molecule has 1 rings (SSSR count). The van der Waals surface area contributed by atoms with Crippen molar-refractivity contribution in [3.8, 4) is 6.07 Å². The fourth-order valence-corrected chi connectivity index (χ4v) is 3.36. The van der Waals surface area contributed by atoms with Crippen molar-refractivity contribution in [1.29, 1.82) is 5.26 Å². The Morgan fingerprint density at radius 3 is 2.08 bits per heavy atom. The molecule has 1 aliphatic heterocycles. The maximum absolute atomic E-state index is 12.3. The molecule has 0 aliphatic carbocycles. The molecule has 1 amide bonds. The normalized spacial score (nSPS) is 22.2. The van der Waals surface area contributed by atoms with Crippen LogP contribution in [0.2, 0.25) is 18.1 Å². The highest BCUT2D eigenvalue weighted by atomic mass is 28.4. The van der Waals surface area contributed by atoms with Crippen LogP contribution in [0.25, 0.3) is 0 Å². The van der Waals surface area contributed by atoms with Crippen molar-refractivity contribution >= 4 is 14.4 Å². The number of nitriles is 1. The van der Waals surface area contributed by atoms with Gasteiger partial charge >= 0.3 is 6.09 Å². The highest BCUT2D eigenvalue weighted by molar-refractivity contribution is 6.74. The zero-order valence-electron chi connectivity index (χ0n) is 16.4. The van der Waals surface area contributed by atoms with Gasteiger partial charge in [0, 0.05) is 12.1 Å². The van der Waals surface area contributed by atoms with Crippen LogP contribution in [0.4, 0.5) is 4.79 Å². The number of ether oxygens (including phenoxy) is 2. The second-order valence-electron chi connectivity index (χ2n) is 8.38.